The molecule has 0 aromatic heterocycles. The predicted octanol–water partition coefficient (Wildman–Crippen LogP) is 3.08. The molecule has 0 saturated carbocycles. The molecule has 0 unspecified atom stereocenters. The Kier molecular flexibility index (Phi) is 6.39. The van der Waals surface area contributed by atoms with Crippen LogP contribution < -0.4 is 10.5 Å². The van der Waals surface area contributed by atoms with Gasteiger partial charge >= 0.3 is 5.97 Å². The molecule has 140 valence electrons. The molecule has 0 bridgehead atoms. The average Bonchev–Trinajstić information content (AvgIpc) is 2.54. The van der Waals surface area contributed by atoms with Crippen molar-refractivity contribution in [2.45, 2.75) is 31.6 Å². The van der Waals surface area contributed by atoms with Gasteiger partial charge in [-0.3, -0.25) is 0 Å². The Morgan fingerprint density at radius 3 is 2.38 bits per heavy atom. The maximum absolute atomic E-state index is 12.0. The zero-order valence-corrected chi connectivity index (χ0v) is 15.7. The zero-order valence-electron chi connectivity index (χ0n) is 14.9. The molecule has 2 aromatic rings. The minimum atomic E-state index is -4.05. The summed E-state index contributed by atoms with van der Waals surface area (Å²) in [6.45, 7) is 4.74. The first-order valence-electron chi connectivity index (χ1n) is 8.39. The molecule has 0 amide bonds. The number of rotatable bonds is 8. The molecule has 2 rings (SSSR count). The minimum absolute atomic E-state index is 0.102. The number of aromatic carboxylic acids is 1. The van der Waals surface area contributed by atoms with E-state index in [9.17, 15) is 18.3 Å². The second kappa shape index (κ2) is 8.33. The maximum atomic E-state index is 12.0. The summed E-state index contributed by atoms with van der Waals surface area (Å²) in [6.07, 6.45) is 1.20. The first kappa shape index (κ1) is 19.9. The topological polar surface area (TPSA) is 109 Å². The van der Waals surface area contributed by atoms with Gasteiger partial charge in [0.1, 0.15) is 0 Å². The molecular weight excluding hydrogens is 352 g/mol. The minimum Gasteiger partial charge on any atom is -0.478 e. The van der Waals surface area contributed by atoms with Gasteiger partial charge in [-0.15, -0.1) is 0 Å². The van der Waals surface area contributed by atoms with Gasteiger partial charge in [0.05, 0.1) is 10.5 Å². The number of nitrogens with two attached hydrogens (primary N) is 1. The van der Waals surface area contributed by atoms with Crippen LogP contribution in [0.1, 0.15) is 41.8 Å². The molecule has 0 aliphatic carbocycles. The van der Waals surface area contributed by atoms with E-state index in [4.69, 9.17) is 5.14 Å². The van der Waals surface area contributed by atoms with E-state index >= 15 is 0 Å². The Hall–Kier alpha value is -2.38. The molecular formula is C19H24N2O4S. The highest BCUT2D eigenvalue weighted by molar-refractivity contribution is 7.89. The number of hydrogen-bond donors (Lipinski definition) is 3. The molecule has 0 saturated heterocycles. The molecule has 7 heteroatoms. The Balaban J connectivity index is 2.50. The smallest absolute Gasteiger partial charge is 0.337 e. The van der Waals surface area contributed by atoms with Gasteiger partial charge in [0.2, 0.25) is 10.0 Å². The Labute approximate surface area is 154 Å². The van der Waals surface area contributed by atoms with Gasteiger partial charge in [0.15, 0.2) is 0 Å². The van der Waals surface area contributed by atoms with Crippen LogP contribution in [0.5, 0.6) is 0 Å². The van der Waals surface area contributed by atoms with Crippen molar-refractivity contribution in [2.24, 2.45) is 11.1 Å². The lowest BCUT2D eigenvalue weighted by molar-refractivity contribution is 0.0697. The molecule has 4 N–H and O–H groups in total. The van der Waals surface area contributed by atoms with Crippen molar-refractivity contribution in [3.8, 4) is 0 Å². The summed E-state index contributed by atoms with van der Waals surface area (Å²) in [5, 5.41) is 17.9. The fraction of sp³-hybridized carbons (Fsp3) is 0.316. The largest absolute Gasteiger partial charge is 0.478 e. The normalized spacial score (nSPS) is 11.5. The number of carboxylic acids is 1. The summed E-state index contributed by atoms with van der Waals surface area (Å²) >= 11 is 0. The van der Waals surface area contributed by atoms with Crippen LogP contribution in [0.2, 0.25) is 0 Å². The van der Waals surface area contributed by atoms with Crippen LogP contribution in [0.25, 0.3) is 0 Å². The number of hydrogen-bond acceptors (Lipinski definition) is 4. The van der Waals surface area contributed by atoms with E-state index in [1.165, 1.54) is 0 Å². The maximum Gasteiger partial charge on any atom is 0.337 e. The molecule has 0 radical (unpaired) electrons. The van der Waals surface area contributed by atoms with Gasteiger partial charge in [-0.25, -0.2) is 18.4 Å². The molecule has 0 spiro atoms. The number of carbonyl (C=O) groups is 1. The highest BCUT2D eigenvalue weighted by atomic mass is 32.2. The van der Waals surface area contributed by atoms with E-state index in [1.807, 2.05) is 30.3 Å². The van der Waals surface area contributed by atoms with Crippen LogP contribution >= 0.6 is 0 Å². The van der Waals surface area contributed by atoms with Crippen LogP contribution in [0, 0.1) is 5.92 Å². The molecule has 0 aliphatic heterocycles. The molecule has 0 heterocycles. The van der Waals surface area contributed by atoms with Crippen LogP contribution in [0.3, 0.4) is 0 Å². The Morgan fingerprint density at radius 2 is 1.85 bits per heavy atom. The first-order valence-corrected chi connectivity index (χ1v) is 9.94. The van der Waals surface area contributed by atoms with Crippen molar-refractivity contribution >= 4 is 21.7 Å². The predicted molar refractivity (Wildman–Crippen MR) is 102 cm³/mol. The van der Waals surface area contributed by atoms with Crippen molar-refractivity contribution in [3.05, 3.63) is 59.2 Å². The Bertz CT molecular complexity index is 878. The number of primary sulfonamides is 1. The summed E-state index contributed by atoms with van der Waals surface area (Å²) in [4.78, 5) is 11.4. The van der Waals surface area contributed by atoms with E-state index < -0.39 is 16.0 Å². The molecule has 2 aromatic carbocycles. The highest BCUT2D eigenvalue weighted by Crippen LogP contribution is 2.27. The fourth-order valence-electron chi connectivity index (χ4n) is 2.66. The van der Waals surface area contributed by atoms with Gasteiger partial charge in [0, 0.05) is 12.2 Å². The van der Waals surface area contributed by atoms with Crippen LogP contribution in [-0.4, -0.2) is 26.0 Å². The van der Waals surface area contributed by atoms with Crippen molar-refractivity contribution in [1.29, 1.82) is 0 Å². The van der Waals surface area contributed by atoms with Gasteiger partial charge in [-0.1, -0.05) is 44.2 Å². The summed E-state index contributed by atoms with van der Waals surface area (Å²) < 4.78 is 24.0. The third kappa shape index (κ3) is 5.31. The second-order valence-electron chi connectivity index (χ2n) is 6.63. The number of anilines is 1. The molecule has 0 aliphatic rings. The van der Waals surface area contributed by atoms with Crippen LogP contribution in [-0.2, 0) is 16.4 Å². The third-order valence-electron chi connectivity index (χ3n) is 4.01. The SMILES string of the molecule is CC(C)CCNc1cc(Cc2ccccc2)c(S(N)(=O)=O)cc1C(=O)O. The summed E-state index contributed by atoms with van der Waals surface area (Å²) in [5.74, 6) is -0.739. The quantitative estimate of drug-likeness (QED) is 0.656. The molecule has 0 atom stereocenters. The lowest BCUT2D eigenvalue weighted by Gasteiger charge is -2.16. The van der Waals surface area contributed by atoms with Crippen molar-refractivity contribution in [1.82, 2.24) is 0 Å². The van der Waals surface area contributed by atoms with Gasteiger partial charge in [-0.2, -0.15) is 0 Å². The monoisotopic (exact) mass is 376 g/mol. The standard InChI is InChI=1S/C19H24N2O4S/c1-13(2)8-9-21-17-11-15(10-14-6-4-3-5-7-14)18(26(20,24)25)12-16(17)19(22)23/h3-7,11-13,21H,8-10H2,1-2H3,(H,22,23)(H2,20,24,25). The number of sulfonamides is 1. The average molecular weight is 376 g/mol. The summed E-state index contributed by atoms with van der Waals surface area (Å²) in [6, 6.07) is 12.1. The number of benzene rings is 2. The van der Waals surface area contributed by atoms with Gasteiger partial charge in [0.25, 0.3) is 0 Å². The zero-order chi connectivity index (χ0) is 19.3. The van der Waals surface area contributed by atoms with Crippen molar-refractivity contribution in [2.75, 3.05) is 11.9 Å². The van der Waals surface area contributed by atoms with E-state index in [0.717, 1.165) is 18.1 Å². The van der Waals surface area contributed by atoms with E-state index in [1.54, 1.807) is 6.07 Å². The highest BCUT2D eigenvalue weighted by Gasteiger charge is 2.21. The number of nitrogens with one attached hydrogen (secondary N) is 1. The molecule has 0 fully saturated rings. The third-order valence-corrected chi connectivity index (χ3v) is 5.01. The van der Waals surface area contributed by atoms with E-state index in [2.05, 4.69) is 19.2 Å². The first-order chi connectivity index (χ1) is 12.2. The van der Waals surface area contributed by atoms with Crippen LogP contribution in [0.15, 0.2) is 47.4 Å². The summed E-state index contributed by atoms with van der Waals surface area (Å²) in [5.41, 5.74) is 1.68. The van der Waals surface area contributed by atoms with Crippen molar-refractivity contribution < 1.29 is 18.3 Å². The lowest BCUT2D eigenvalue weighted by atomic mass is 10.0. The Morgan fingerprint density at radius 1 is 1.19 bits per heavy atom. The van der Waals surface area contributed by atoms with Gasteiger partial charge in [-0.05, 0) is 42.0 Å². The molecule has 6 nitrogen and oxygen atoms in total. The van der Waals surface area contributed by atoms with Crippen LogP contribution in [0.4, 0.5) is 5.69 Å². The van der Waals surface area contributed by atoms with Crippen molar-refractivity contribution in [3.63, 3.8) is 0 Å². The van der Waals surface area contributed by atoms with E-state index in [0.29, 0.717) is 30.1 Å². The summed E-state index contributed by atoms with van der Waals surface area (Å²) in [7, 11) is -4.05. The van der Waals surface area contributed by atoms with E-state index in [-0.39, 0.29) is 10.5 Å². The van der Waals surface area contributed by atoms with Gasteiger partial charge < -0.3 is 10.4 Å². The molecule has 26 heavy (non-hydrogen) atoms. The number of carboxylic acid groups (broad SMARTS) is 1. The lowest BCUT2D eigenvalue weighted by Crippen LogP contribution is -2.18. The fourth-order valence-corrected chi connectivity index (χ4v) is 3.44. The second-order valence-corrected chi connectivity index (χ2v) is 8.16.